The molecule has 3 amide bonds. The number of carbonyl (C=O) groups is 2. The van der Waals surface area contributed by atoms with E-state index < -0.39 is 17.4 Å². The SMILES string of the molecule is O=C1NCCN(C(=O)c2cc(=O)c(OCc3ccccc3)c[nH]2)N1. The van der Waals surface area contributed by atoms with Gasteiger partial charge in [0.15, 0.2) is 5.75 Å². The highest BCUT2D eigenvalue weighted by atomic mass is 16.5. The minimum Gasteiger partial charge on any atom is -0.483 e. The smallest absolute Gasteiger partial charge is 0.333 e. The molecule has 0 saturated carbocycles. The molecule has 1 fully saturated rings. The first-order chi connectivity index (χ1) is 11.6. The van der Waals surface area contributed by atoms with Crippen LogP contribution >= 0.6 is 0 Å². The number of aromatic nitrogens is 1. The van der Waals surface area contributed by atoms with Crippen molar-refractivity contribution in [1.29, 1.82) is 0 Å². The van der Waals surface area contributed by atoms with Crippen LogP contribution in [0.4, 0.5) is 4.79 Å². The van der Waals surface area contributed by atoms with Gasteiger partial charge in [0.1, 0.15) is 12.3 Å². The number of benzene rings is 1. The number of hydrogen-bond acceptors (Lipinski definition) is 4. The summed E-state index contributed by atoms with van der Waals surface area (Å²) in [6.07, 6.45) is 1.35. The third-order valence-corrected chi connectivity index (χ3v) is 3.45. The summed E-state index contributed by atoms with van der Waals surface area (Å²) in [4.78, 5) is 38.3. The Bertz CT molecular complexity index is 803. The zero-order valence-corrected chi connectivity index (χ0v) is 12.7. The summed E-state index contributed by atoms with van der Waals surface area (Å²) in [5.41, 5.74) is 2.98. The molecule has 0 atom stereocenters. The van der Waals surface area contributed by atoms with E-state index in [0.29, 0.717) is 13.1 Å². The zero-order chi connectivity index (χ0) is 16.9. The van der Waals surface area contributed by atoms with Crippen LogP contribution in [0.25, 0.3) is 0 Å². The molecule has 0 aliphatic carbocycles. The van der Waals surface area contributed by atoms with Crippen LogP contribution in [-0.4, -0.2) is 35.0 Å². The number of carbonyl (C=O) groups excluding carboxylic acids is 2. The zero-order valence-electron chi connectivity index (χ0n) is 12.7. The highest BCUT2D eigenvalue weighted by Crippen LogP contribution is 2.08. The van der Waals surface area contributed by atoms with E-state index in [4.69, 9.17) is 4.74 Å². The van der Waals surface area contributed by atoms with Crippen LogP contribution in [0.2, 0.25) is 0 Å². The summed E-state index contributed by atoms with van der Waals surface area (Å²) < 4.78 is 5.47. The van der Waals surface area contributed by atoms with Crippen LogP contribution in [-0.2, 0) is 6.61 Å². The molecule has 3 rings (SSSR count). The fourth-order valence-electron chi connectivity index (χ4n) is 2.23. The van der Waals surface area contributed by atoms with Crippen molar-refractivity contribution in [3.05, 3.63) is 64.1 Å². The minimum absolute atomic E-state index is 0.0780. The number of aromatic amines is 1. The van der Waals surface area contributed by atoms with Gasteiger partial charge in [0.25, 0.3) is 5.91 Å². The molecule has 0 radical (unpaired) electrons. The van der Waals surface area contributed by atoms with Gasteiger partial charge in [0, 0.05) is 18.8 Å². The van der Waals surface area contributed by atoms with Gasteiger partial charge in [-0.3, -0.25) is 9.59 Å². The van der Waals surface area contributed by atoms with E-state index in [-0.39, 0.29) is 18.1 Å². The van der Waals surface area contributed by atoms with E-state index in [2.05, 4.69) is 15.7 Å². The molecule has 3 N–H and O–H groups in total. The van der Waals surface area contributed by atoms with E-state index in [9.17, 15) is 14.4 Å². The van der Waals surface area contributed by atoms with Crippen LogP contribution in [0.15, 0.2) is 47.4 Å². The van der Waals surface area contributed by atoms with Crippen LogP contribution in [0.1, 0.15) is 16.1 Å². The van der Waals surface area contributed by atoms with Crippen molar-refractivity contribution in [3.63, 3.8) is 0 Å². The summed E-state index contributed by atoms with van der Waals surface area (Å²) in [6, 6.07) is 10.1. The van der Waals surface area contributed by atoms with Gasteiger partial charge in [-0.05, 0) is 5.56 Å². The van der Waals surface area contributed by atoms with Gasteiger partial charge in [-0.1, -0.05) is 30.3 Å². The van der Waals surface area contributed by atoms with Gasteiger partial charge in [-0.15, -0.1) is 0 Å². The van der Waals surface area contributed by atoms with Crippen LogP contribution < -0.4 is 20.9 Å². The maximum Gasteiger partial charge on any atom is 0.333 e. The Balaban J connectivity index is 1.69. The van der Waals surface area contributed by atoms with E-state index in [1.165, 1.54) is 6.20 Å². The number of urea groups is 1. The molecule has 1 aliphatic heterocycles. The number of nitrogens with one attached hydrogen (secondary N) is 3. The monoisotopic (exact) mass is 328 g/mol. The largest absolute Gasteiger partial charge is 0.483 e. The number of amides is 3. The highest BCUT2D eigenvalue weighted by molar-refractivity contribution is 5.94. The number of nitrogens with zero attached hydrogens (tertiary/aromatic N) is 1. The van der Waals surface area contributed by atoms with Crippen LogP contribution in [0, 0.1) is 0 Å². The summed E-state index contributed by atoms with van der Waals surface area (Å²) in [5.74, 6) is -0.365. The molecule has 24 heavy (non-hydrogen) atoms. The average Bonchev–Trinajstić information content (AvgIpc) is 2.61. The molecule has 8 nitrogen and oxygen atoms in total. The molecule has 0 bridgehead atoms. The summed E-state index contributed by atoms with van der Waals surface area (Å²) in [6.45, 7) is 0.907. The topological polar surface area (TPSA) is 104 Å². The number of ether oxygens (including phenoxy) is 1. The quantitative estimate of drug-likeness (QED) is 0.765. The van der Waals surface area contributed by atoms with Crippen molar-refractivity contribution in [2.45, 2.75) is 6.61 Å². The van der Waals surface area contributed by atoms with E-state index in [1.54, 1.807) is 0 Å². The third-order valence-electron chi connectivity index (χ3n) is 3.45. The predicted molar refractivity (Wildman–Crippen MR) is 85.4 cm³/mol. The Morgan fingerprint density at radius 2 is 2.00 bits per heavy atom. The molecule has 1 aliphatic rings. The maximum absolute atomic E-state index is 12.3. The molecule has 0 spiro atoms. The standard InChI is InChI=1S/C16H16N4O4/c21-13-8-12(15(22)20-7-6-17-16(23)19-20)18-9-14(13)24-10-11-4-2-1-3-5-11/h1-5,8-9H,6-7,10H2,(H,18,21)(H2,17,19,23). The number of hydrogen-bond donors (Lipinski definition) is 3. The Morgan fingerprint density at radius 1 is 1.21 bits per heavy atom. The first-order valence-corrected chi connectivity index (χ1v) is 7.39. The average molecular weight is 328 g/mol. The first-order valence-electron chi connectivity index (χ1n) is 7.39. The molecular weight excluding hydrogens is 312 g/mol. The normalized spacial score (nSPS) is 13.8. The molecule has 1 aromatic carbocycles. The highest BCUT2D eigenvalue weighted by Gasteiger charge is 2.22. The fourth-order valence-corrected chi connectivity index (χ4v) is 2.23. The van der Waals surface area contributed by atoms with E-state index in [1.807, 2.05) is 30.3 Å². The third kappa shape index (κ3) is 3.54. The summed E-state index contributed by atoms with van der Waals surface area (Å²) >= 11 is 0. The molecule has 1 aromatic heterocycles. The van der Waals surface area contributed by atoms with Gasteiger partial charge in [-0.2, -0.15) is 0 Å². The molecular formula is C16H16N4O4. The van der Waals surface area contributed by atoms with Gasteiger partial charge in [0.05, 0.1) is 6.54 Å². The molecule has 0 unspecified atom stereocenters. The molecule has 8 heteroatoms. The van der Waals surface area contributed by atoms with Crippen molar-refractivity contribution >= 4 is 11.9 Å². The molecule has 2 heterocycles. The van der Waals surface area contributed by atoms with E-state index in [0.717, 1.165) is 16.6 Å². The summed E-state index contributed by atoms with van der Waals surface area (Å²) in [7, 11) is 0. The van der Waals surface area contributed by atoms with Crippen molar-refractivity contribution in [3.8, 4) is 5.75 Å². The number of rotatable bonds is 4. The lowest BCUT2D eigenvalue weighted by atomic mass is 10.2. The minimum atomic E-state index is -0.489. The first kappa shape index (κ1) is 15.6. The maximum atomic E-state index is 12.3. The van der Waals surface area contributed by atoms with Crippen LogP contribution in [0.3, 0.4) is 0 Å². The van der Waals surface area contributed by atoms with Crippen molar-refractivity contribution in [2.24, 2.45) is 0 Å². The molecule has 1 saturated heterocycles. The van der Waals surface area contributed by atoms with Crippen molar-refractivity contribution in [2.75, 3.05) is 13.1 Å². The predicted octanol–water partition coefficient (Wildman–Crippen LogP) is 0.624. The fraction of sp³-hybridized carbons (Fsp3) is 0.188. The second-order valence-corrected chi connectivity index (χ2v) is 5.17. The lowest BCUT2D eigenvalue weighted by Gasteiger charge is -2.27. The van der Waals surface area contributed by atoms with Gasteiger partial charge in [-0.25, -0.2) is 15.2 Å². The second-order valence-electron chi connectivity index (χ2n) is 5.17. The Morgan fingerprint density at radius 3 is 2.71 bits per heavy atom. The molecule has 124 valence electrons. The van der Waals surface area contributed by atoms with Crippen molar-refractivity contribution < 1.29 is 14.3 Å². The second kappa shape index (κ2) is 6.86. The Labute approximate surface area is 137 Å². The number of pyridine rings is 1. The van der Waals surface area contributed by atoms with E-state index >= 15 is 0 Å². The number of hydrazine groups is 1. The Hall–Kier alpha value is -3.29. The lowest BCUT2D eigenvalue weighted by molar-refractivity contribution is 0.0650. The summed E-state index contributed by atoms with van der Waals surface area (Å²) in [5, 5.41) is 3.68. The van der Waals surface area contributed by atoms with Crippen LogP contribution in [0.5, 0.6) is 5.75 Å². The van der Waals surface area contributed by atoms with Gasteiger partial charge in [0.2, 0.25) is 5.43 Å². The lowest BCUT2D eigenvalue weighted by Crippen LogP contribution is -2.58. The van der Waals surface area contributed by atoms with Gasteiger partial charge < -0.3 is 15.0 Å². The number of H-pyrrole nitrogens is 1. The molecule has 2 aromatic rings. The van der Waals surface area contributed by atoms with Gasteiger partial charge >= 0.3 is 6.03 Å². The van der Waals surface area contributed by atoms with Crippen molar-refractivity contribution in [1.82, 2.24) is 20.7 Å². The Kier molecular flexibility index (Phi) is 4.46.